The largest absolute Gasteiger partial charge is 0.384 e. The van der Waals surface area contributed by atoms with Gasteiger partial charge in [0.15, 0.2) is 5.65 Å². The van der Waals surface area contributed by atoms with Gasteiger partial charge in [0.2, 0.25) is 0 Å². The summed E-state index contributed by atoms with van der Waals surface area (Å²) < 4.78 is 1.87. The minimum Gasteiger partial charge on any atom is -0.384 e. The Bertz CT molecular complexity index is 1190. The van der Waals surface area contributed by atoms with Gasteiger partial charge in [0, 0.05) is 24.7 Å². The normalized spacial score (nSPS) is 11.3. The highest BCUT2D eigenvalue weighted by Gasteiger charge is 2.11. The Kier molecular flexibility index (Phi) is 6.41. The number of hydrogen-bond acceptors (Lipinski definition) is 7. The van der Waals surface area contributed by atoms with Gasteiger partial charge < -0.3 is 16.0 Å². The molecule has 0 atom stereocenters. The molecule has 0 unspecified atom stereocenters. The summed E-state index contributed by atoms with van der Waals surface area (Å²) in [6.07, 6.45) is 5.38. The number of nitrogens with two attached hydrogens (primary N) is 1. The van der Waals surface area contributed by atoms with Crippen LogP contribution in [0.5, 0.6) is 0 Å². The van der Waals surface area contributed by atoms with Crippen molar-refractivity contribution in [3.05, 3.63) is 65.0 Å². The van der Waals surface area contributed by atoms with Crippen LogP contribution in [-0.4, -0.2) is 68.2 Å². The highest BCUT2D eigenvalue weighted by atomic mass is 16.1. The van der Waals surface area contributed by atoms with Gasteiger partial charge in [0.05, 0.1) is 12.7 Å². The molecule has 0 radical (unpaired) electrons. The van der Waals surface area contributed by atoms with Gasteiger partial charge in [-0.2, -0.15) is 5.10 Å². The predicted molar refractivity (Wildman–Crippen MR) is 122 cm³/mol. The van der Waals surface area contributed by atoms with Crippen molar-refractivity contribution in [2.45, 2.75) is 19.4 Å². The molecule has 166 valence electrons. The summed E-state index contributed by atoms with van der Waals surface area (Å²) in [5.41, 5.74) is 10.9. The van der Waals surface area contributed by atoms with E-state index in [9.17, 15) is 4.79 Å². The van der Waals surface area contributed by atoms with E-state index >= 15 is 0 Å². The standard InChI is InChI=1S/C22H27N9O/c1-30(2)9-3-8-24-22(32)17-6-4-15(5-7-17)13-31-14-16(12-25-31)10-18-11-19(23)26-21-20(18)27-29-28-21/h4-7,11-12,14H,3,8-10,13H2,1-2H3,(H,24,32)(H3,23,26,27,28,29). The minimum absolute atomic E-state index is 0.0486. The van der Waals surface area contributed by atoms with E-state index in [2.05, 4.69) is 35.7 Å². The quantitative estimate of drug-likeness (QED) is 0.341. The van der Waals surface area contributed by atoms with E-state index in [0.29, 0.717) is 42.1 Å². The van der Waals surface area contributed by atoms with Crippen molar-refractivity contribution in [2.75, 3.05) is 32.9 Å². The van der Waals surface area contributed by atoms with Crippen molar-refractivity contribution in [1.29, 1.82) is 0 Å². The van der Waals surface area contributed by atoms with Gasteiger partial charge in [-0.1, -0.05) is 17.3 Å². The molecule has 4 N–H and O–H groups in total. The average molecular weight is 434 g/mol. The fraction of sp³-hybridized carbons (Fsp3) is 0.318. The summed E-state index contributed by atoms with van der Waals surface area (Å²) in [5.74, 6) is 0.375. The lowest BCUT2D eigenvalue weighted by Gasteiger charge is -2.10. The van der Waals surface area contributed by atoms with Gasteiger partial charge >= 0.3 is 0 Å². The summed E-state index contributed by atoms with van der Waals surface area (Å²) in [5, 5.41) is 18.1. The van der Waals surface area contributed by atoms with E-state index in [1.807, 2.05) is 61.5 Å². The van der Waals surface area contributed by atoms with Gasteiger partial charge in [0.1, 0.15) is 11.3 Å². The molecule has 10 heteroatoms. The van der Waals surface area contributed by atoms with E-state index in [0.717, 1.165) is 29.7 Å². The Labute approximate surface area is 185 Å². The second kappa shape index (κ2) is 9.56. The number of aromatic amines is 1. The smallest absolute Gasteiger partial charge is 0.251 e. The predicted octanol–water partition coefficient (Wildman–Crippen LogP) is 1.45. The zero-order valence-electron chi connectivity index (χ0n) is 18.2. The van der Waals surface area contributed by atoms with Crippen LogP contribution in [0, 0.1) is 0 Å². The molecule has 0 bridgehead atoms. The third-order valence-corrected chi connectivity index (χ3v) is 5.11. The maximum absolute atomic E-state index is 12.3. The third kappa shape index (κ3) is 5.27. The van der Waals surface area contributed by atoms with E-state index in [-0.39, 0.29) is 5.91 Å². The Morgan fingerprint density at radius 3 is 2.81 bits per heavy atom. The number of fused-ring (bicyclic) bond motifs is 1. The summed E-state index contributed by atoms with van der Waals surface area (Å²) >= 11 is 0. The number of pyridine rings is 1. The van der Waals surface area contributed by atoms with Crippen LogP contribution in [0.15, 0.2) is 42.7 Å². The molecule has 3 aromatic heterocycles. The first-order valence-electron chi connectivity index (χ1n) is 10.5. The summed E-state index contributed by atoms with van der Waals surface area (Å²) in [6, 6.07) is 9.42. The van der Waals surface area contributed by atoms with Crippen molar-refractivity contribution in [1.82, 2.24) is 40.4 Å². The number of carbonyl (C=O) groups excluding carboxylic acids is 1. The topological polar surface area (TPSA) is 131 Å². The van der Waals surface area contributed by atoms with E-state index in [4.69, 9.17) is 5.73 Å². The molecule has 1 amide bonds. The Morgan fingerprint density at radius 1 is 1.22 bits per heavy atom. The number of H-pyrrole nitrogens is 1. The molecule has 10 nitrogen and oxygen atoms in total. The number of anilines is 1. The van der Waals surface area contributed by atoms with E-state index in [1.54, 1.807) is 0 Å². The van der Waals surface area contributed by atoms with Crippen molar-refractivity contribution in [3.63, 3.8) is 0 Å². The van der Waals surface area contributed by atoms with Gasteiger partial charge in [-0.3, -0.25) is 9.48 Å². The first kappa shape index (κ1) is 21.4. The van der Waals surface area contributed by atoms with Crippen LogP contribution in [0.1, 0.15) is 33.5 Å². The highest BCUT2D eigenvalue weighted by molar-refractivity contribution is 5.94. The molecule has 3 heterocycles. The number of benzene rings is 1. The first-order chi connectivity index (χ1) is 15.5. The van der Waals surface area contributed by atoms with Crippen LogP contribution in [-0.2, 0) is 13.0 Å². The summed E-state index contributed by atoms with van der Waals surface area (Å²) in [7, 11) is 4.04. The number of hydrogen-bond donors (Lipinski definition) is 3. The molecule has 0 saturated heterocycles. The Hall–Kier alpha value is -3.79. The Morgan fingerprint density at radius 2 is 2.03 bits per heavy atom. The molecule has 32 heavy (non-hydrogen) atoms. The lowest BCUT2D eigenvalue weighted by atomic mass is 10.1. The molecule has 0 aliphatic carbocycles. The zero-order chi connectivity index (χ0) is 22.5. The monoisotopic (exact) mass is 433 g/mol. The van der Waals surface area contributed by atoms with Gasteiger partial charge in [-0.25, -0.2) is 10.1 Å². The van der Waals surface area contributed by atoms with E-state index in [1.165, 1.54) is 0 Å². The first-order valence-corrected chi connectivity index (χ1v) is 10.5. The summed E-state index contributed by atoms with van der Waals surface area (Å²) in [4.78, 5) is 18.6. The molecule has 0 aliphatic heterocycles. The second-order valence-electron chi connectivity index (χ2n) is 8.05. The number of nitrogen functional groups attached to an aromatic ring is 1. The highest BCUT2D eigenvalue weighted by Crippen LogP contribution is 2.19. The second-order valence-corrected chi connectivity index (χ2v) is 8.05. The number of carbonyl (C=O) groups is 1. The number of rotatable bonds is 9. The number of amides is 1. The van der Waals surface area contributed by atoms with Gasteiger partial charge in [0.25, 0.3) is 5.91 Å². The van der Waals surface area contributed by atoms with Crippen LogP contribution >= 0.6 is 0 Å². The van der Waals surface area contributed by atoms with Crippen LogP contribution in [0.25, 0.3) is 11.2 Å². The molecule has 1 aromatic carbocycles. The van der Waals surface area contributed by atoms with Gasteiger partial charge in [-0.15, -0.1) is 5.10 Å². The molecule has 0 saturated carbocycles. The van der Waals surface area contributed by atoms with Gasteiger partial charge in [-0.05, 0) is 62.0 Å². The molecule has 0 fully saturated rings. The SMILES string of the molecule is CN(C)CCCNC(=O)c1ccc(Cn2cc(Cc3cc(N)nc4[nH]nnc34)cn2)cc1. The molecule has 4 aromatic rings. The van der Waals surface area contributed by atoms with Crippen molar-refractivity contribution < 1.29 is 4.79 Å². The Balaban J connectivity index is 1.35. The van der Waals surface area contributed by atoms with Crippen molar-refractivity contribution in [3.8, 4) is 0 Å². The fourth-order valence-electron chi connectivity index (χ4n) is 3.51. The maximum atomic E-state index is 12.3. The maximum Gasteiger partial charge on any atom is 0.251 e. The molecule has 0 aliphatic rings. The van der Waals surface area contributed by atoms with Crippen LogP contribution in [0.4, 0.5) is 5.82 Å². The lowest BCUT2D eigenvalue weighted by Crippen LogP contribution is -2.27. The van der Waals surface area contributed by atoms with E-state index < -0.39 is 0 Å². The molecule has 0 spiro atoms. The average Bonchev–Trinajstić information content (AvgIpc) is 3.41. The lowest BCUT2D eigenvalue weighted by molar-refractivity contribution is 0.0952. The van der Waals surface area contributed by atoms with Crippen molar-refractivity contribution >= 4 is 22.9 Å². The molecular formula is C22H27N9O. The van der Waals surface area contributed by atoms with Crippen LogP contribution < -0.4 is 11.1 Å². The number of nitrogens with one attached hydrogen (secondary N) is 2. The van der Waals surface area contributed by atoms with Crippen LogP contribution in [0.3, 0.4) is 0 Å². The third-order valence-electron chi connectivity index (χ3n) is 5.11. The number of nitrogens with zero attached hydrogens (tertiary/aromatic N) is 6. The minimum atomic E-state index is -0.0486. The van der Waals surface area contributed by atoms with Crippen LogP contribution in [0.2, 0.25) is 0 Å². The fourth-order valence-corrected chi connectivity index (χ4v) is 3.51. The molecule has 4 rings (SSSR count). The number of aromatic nitrogens is 6. The summed E-state index contributed by atoms with van der Waals surface area (Å²) in [6.45, 7) is 2.23. The van der Waals surface area contributed by atoms with Crippen molar-refractivity contribution in [2.24, 2.45) is 0 Å². The molecular weight excluding hydrogens is 406 g/mol. The zero-order valence-corrected chi connectivity index (χ0v) is 18.2.